The first-order valence-corrected chi connectivity index (χ1v) is 8.80. The van der Waals surface area contributed by atoms with Crippen LogP contribution in [0.1, 0.15) is 5.56 Å². The molecule has 0 bridgehead atoms. The van der Waals surface area contributed by atoms with E-state index in [4.69, 9.17) is 0 Å². The van der Waals surface area contributed by atoms with E-state index in [1.165, 1.54) is 22.4 Å². The molecule has 5 rings (SSSR count). The number of pyridine rings is 1. The van der Waals surface area contributed by atoms with Crippen LogP contribution in [0, 0.1) is 63.7 Å². The van der Waals surface area contributed by atoms with Gasteiger partial charge in [0.15, 0.2) is 0 Å². The molecule has 0 aliphatic heterocycles. The molecule has 0 spiro atoms. The van der Waals surface area contributed by atoms with Crippen LogP contribution in [0.4, 0.5) is 0 Å². The molecule has 2 aromatic heterocycles. The van der Waals surface area contributed by atoms with Gasteiger partial charge in [-0.25, -0.2) is 0 Å². The van der Waals surface area contributed by atoms with Gasteiger partial charge in [-0.3, -0.25) is 4.98 Å². The van der Waals surface area contributed by atoms with Crippen molar-refractivity contribution in [2.45, 2.75) is 6.42 Å². The van der Waals surface area contributed by atoms with Crippen molar-refractivity contribution < 1.29 is 17.1 Å². The fourth-order valence-corrected chi connectivity index (χ4v) is 3.17. The zero-order valence-corrected chi connectivity index (χ0v) is 15.9. The monoisotopic (exact) mass is 392 g/mol. The number of hydrogen-bond acceptors (Lipinski definition) is 1. The van der Waals surface area contributed by atoms with Crippen molar-refractivity contribution in [1.82, 2.24) is 9.97 Å². The molecule has 132 valence electrons. The third-order valence-corrected chi connectivity index (χ3v) is 4.40. The second-order valence-electron chi connectivity index (χ2n) is 6.17. The van der Waals surface area contributed by atoms with Crippen molar-refractivity contribution in [1.29, 1.82) is 0 Å². The smallest absolute Gasteiger partial charge is 0.353 e. The van der Waals surface area contributed by atoms with Gasteiger partial charge in [0.1, 0.15) is 0 Å². The summed E-state index contributed by atoms with van der Waals surface area (Å²) < 4.78 is 0. The van der Waals surface area contributed by atoms with E-state index < -0.39 is 0 Å². The molecule has 2 saturated carbocycles. The molecule has 1 N–H and O–H groups in total. The fourth-order valence-electron chi connectivity index (χ4n) is 3.17. The Labute approximate surface area is 173 Å². The molecule has 1 aromatic carbocycles. The molecule has 0 saturated heterocycles. The minimum Gasteiger partial charge on any atom is -0.353 e. The molecule has 0 unspecified atom stereocenters. The van der Waals surface area contributed by atoms with E-state index >= 15 is 0 Å². The molecule has 2 nitrogen and oxygen atoms in total. The number of fused-ring (bicyclic) bond motifs is 1. The molecule has 0 atom stereocenters. The molecule has 27 heavy (non-hydrogen) atoms. The number of nitrogens with zero attached hydrogens (tertiary/aromatic N) is 1. The molecular formula is C24H20FeN2+2. The second kappa shape index (κ2) is 10.1. The van der Waals surface area contributed by atoms with Crippen molar-refractivity contribution in [2.75, 3.05) is 0 Å². The maximum atomic E-state index is 4.50. The van der Waals surface area contributed by atoms with Gasteiger partial charge in [-0.2, -0.15) is 0 Å². The number of rotatable bonds is 3. The zero-order valence-electron chi connectivity index (χ0n) is 14.8. The van der Waals surface area contributed by atoms with Crippen LogP contribution in [0.15, 0.2) is 48.7 Å². The van der Waals surface area contributed by atoms with Crippen molar-refractivity contribution in [3.63, 3.8) is 0 Å². The summed E-state index contributed by atoms with van der Waals surface area (Å²) in [4.78, 5) is 8.03. The molecule has 2 aliphatic rings. The Kier molecular flexibility index (Phi) is 7.55. The molecule has 3 heteroatoms. The Hall–Kier alpha value is -1.57. The zero-order chi connectivity index (χ0) is 17.6. The Bertz CT molecular complexity index is 807. The topological polar surface area (TPSA) is 28.7 Å². The maximum absolute atomic E-state index is 4.50. The van der Waals surface area contributed by atoms with Crippen LogP contribution in [-0.2, 0) is 23.5 Å². The number of aromatic amines is 1. The van der Waals surface area contributed by atoms with Gasteiger partial charge in [-0.05, 0) is 93.9 Å². The summed E-state index contributed by atoms with van der Waals surface area (Å²) in [5.41, 5.74) is 4.60. The number of H-pyrrole nitrogens is 1. The van der Waals surface area contributed by atoms with Crippen LogP contribution in [0.5, 0.6) is 0 Å². The SMILES string of the molecule is [CH]1[CH][CH][CH][CH]1.[CH]1[CH][CH][C](Cc2c(-c3ccccn3)[nH]c3ccccc23)[CH]1.[Fe+2]. The molecule has 2 heterocycles. The summed E-state index contributed by atoms with van der Waals surface area (Å²) >= 11 is 0. The summed E-state index contributed by atoms with van der Waals surface area (Å²) in [6.45, 7) is 0. The van der Waals surface area contributed by atoms with Gasteiger partial charge in [0.2, 0.25) is 0 Å². The second-order valence-corrected chi connectivity index (χ2v) is 6.17. The van der Waals surface area contributed by atoms with Gasteiger partial charge in [-0.1, -0.05) is 24.3 Å². The Balaban J connectivity index is 0.000000306. The van der Waals surface area contributed by atoms with E-state index in [9.17, 15) is 0 Å². The first kappa shape index (κ1) is 20.2. The third kappa shape index (κ3) is 5.03. The number of benzene rings is 1. The first-order valence-electron chi connectivity index (χ1n) is 8.80. The molecule has 10 radical (unpaired) electrons. The van der Waals surface area contributed by atoms with Crippen LogP contribution in [0.2, 0.25) is 0 Å². The van der Waals surface area contributed by atoms with Gasteiger partial charge in [0, 0.05) is 17.1 Å². The van der Waals surface area contributed by atoms with Crippen LogP contribution >= 0.6 is 0 Å². The molecule has 0 amide bonds. The Morgan fingerprint density at radius 1 is 0.741 bits per heavy atom. The van der Waals surface area contributed by atoms with E-state index in [2.05, 4.69) is 66.0 Å². The maximum Gasteiger partial charge on any atom is 2.00 e. The third-order valence-electron chi connectivity index (χ3n) is 4.40. The van der Waals surface area contributed by atoms with Crippen LogP contribution < -0.4 is 0 Å². The molecule has 3 aromatic rings. The van der Waals surface area contributed by atoms with Gasteiger partial charge in [-0.15, -0.1) is 0 Å². The van der Waals surface area contributed by atoms with Crippen molar-refractivity contribution in [3.05, 3.63) is 118 Å². The Morgan fingerprint density at radius 3 is 2.07 bits per heavy atom. The largest absolute Gasteiger partial charge is 2.00 e. The first-order chi connectivity index (χ1) is 12.9. The number of hydrogen-bond donors (Lipinski definition) is 1. The Morgan fingerprint density at radius 2 is 1.41 bits per heavy atom. The minimum atomic E-state index is 0. The predicted molar refractivity (Wildman–Crippen MR) is 107 cm³/mol. The van der Waals surface area contributed by atoms with Crippen molar-refractivity contribution in [2.24, 2.45) is 0 Å². The summed E-state index contributed by atoms with van der Waals surface area (Å²) in [5.74, 6) is 1.33. The number of para-hydroxylation sites is 1. The van der Waals surface area contributed by atoms with Crippen LogP contribution in [0.25, 0.3) is 22.3 Å². The van der Waals surface area contributed by atoms with E-state index in [0.717, 1.165) is 17.8 Å². The number of aromatic nitrogens is 2. The summed E-state index contributed by atoms with van der Waals surface area (Å²) in [7, 11) is 0. The molecule has 2 fully saturated rings. The van der Waals surface area contributed by atoms with E-state index in [0.29, 0.717) is 0 Å². The van der Waals surface area contributed by atoms with Crippen molar-refractivity contribution in [3.8, 4) is 11.4 Å². The normalized spacial score (nSPS) is 16.7. The van der Waals surface area contributed by atoms with Gasteiger partial charge < -0.3 is 4.98 Å². The average Bonchev–Trinajstić information content (AvgIpc) is 3.47. The average molecular weight is 392 g/mol. The van der Waals surface area contributed by atoms with Crippen molar-refractivity contribution >= 4 is 10.9 Å². The predicted octanol–water partition coefficient (Wildman–Crippen LogP) is 5.20. The van der Waals surface area contributed by atoms with Gasteiger partial charge in [0.05, 0.1) is 11.4 Å². The standard InChI is InChI=1S/C19H15N2.C5H5.Fe/c1-2-8-14(7-1)13-16-15-9-3-4-10-17(15)21-19(16)18-11-5-6-12-20-18;1-2-4-5-3-1;/h1-12,21H,13H2;1-5H;/q;;+2. The number of nitrogens with one attached hydrogen (secondary N) is 1. The molecular weight excluding hydrogens is 372 g/mol. The fraction of sp³-hybridized carbons (Fsp3) is 0.0417. The quantitative estimate of drug-likeness (QED) is 0.610. The van der Waals surface area contributed by atoms with Gasteiger partial charge in [0.25, 0.3) is 0 Å². The summed E-state index contributed by atoms with van der Waals surface area (Å²) in [6, 6.07) is 14.5. The van der Waals surface area contributed by atoms with Crippen LogP contribution in [0.3, 0.4) is 0 Å². The molecule has 2 aliphatic carbocycles. The minimum absolute atomic E-state index is 0. The van der Waals surface area contributed by atoms with Gasteiger partial charge >= 0.3 is 17.1 Å². The summed E-state index contributed by atoms with van der Waals surface area (Å²) in [6.07, 6.45) is 21.3. The van der Waals surface area contributed by atoms with E-state index in [-0.39, 0.29) is 17.1 Å². The summed E-state index contributed by atoms with van der Waals surface area (Å²) in [5, 5.41) is 1.28. The van der Waals surface area contributed by atoms with E-state index in [1.54, 1.807) is 0 Å². The van der Waals surface area contributed by atoms with E-state index in [1.807, 2.05) is 50.4 Å². The van der Waals surface area contributed by atoms with Crippen LogP contribution in [-0.4, -0.2) is 9.97 Å².